The van der Waals surface area contributed by atoms with E-state index in [2.05, 4.69) is 4.98 Å². The Morgan fingerprint density at radius 3 is 2.50 bits per heavy atom. The molecule has 1 heterocycles. The van der Waals surface area contributed by atoms with Crippen LogP contribution in [0.5, 0.6) is 0 Å². The molecule has 0 unspecified atom stereocenters. The number of aromatic nitrogens is 1. The first-order chi connectivity index (χ1) is 10.7. The monoisotopic (exact) mass is 308 g/mol. The van der Waals surface area contributed by atoms with E-state index in [1.165, 1.54) is 0 Å². The summed E-state index contributed by atoms with van der Waals surface area (Å²) in [6.45, 7) is 6.17. The quantitative estimate of drug-likeness (QED) is 0.488. The first-order valence-electron chi connectivity index (χ1n) is 7.61. The van der Waals surface area contributed by atoms with E-state index in [0.717, 1.165) is 6.42 Å². The van der Waals surface area contributed by atoms with Gasteiger partial charge in [-0.2, -0.15) is 0 Å². The summed E-state index contributed by atoms with van der Waals surface area (Å²) in [5.74, 6) is -0.400. The number of amides is 1. The second-order valence-corrected chi connectivity index (χ2v) is 4.63. The molecule has 1 rings (SSSR count). The molecule has 0 bridgehead atoms. The van der Waals surface area contributed by atoms with E-state index in [9.17, 15) is 9.59 Å². The molecule has 0 aromatic carbocycles. The number of rotatable bonds is 10. The summed E-state index contributed by atoms with van der Waals surface area (Å²) in [5, 5.41) is 0. The predicted octanol–water partition coefficient (Wildman–Crippen LogP) is 1.90. The minimum Gasteiger partial charge on any atom is -0.466 e. The number of pyridine rings is 1. The Balaban J connectivity index is 2.60. The molecule has 0 saturated carbocycles. The highest BCUT2D eigenvalue weighted by atomic mass is 16.5. The Hall–Kier alpha value is -1.95. The maximum atomic E-state index is 12.5. The Kier molecular flexibility index (Phi) is 8.83. The summed E-state index contributed by atoms with van der Waals surface area (Å²) in [5.41, 5.74) is 0.565. The lowest BCUT2D eigenvalue weighted by atomic mass is 10.2. The third kappa shape index (κ3) is 6.67. The van der Waals surface area contributed by atoms with Crippen LogP contribution >= 0.6 is 0 Å². The molecule has 1 amide bonds. The summed E-state index contributed by atoms with van der Waals surface area (Å²) in [6, 6.07) is 3.34. The highest BCUT2D eigenvalue weighted by Crippen LogP contribution is 2.06. The zero-order valence-electron chi connectivity index (χ0n) is 13.3. The van der Waals surface area contributed by atoms with Gasteiger partial charge in [-0.05, 0) is 32.4 Å². The lowest BCUT2D eigenvalue weighted by Gasteiger charge is -2.22. The lowest BCUT2D eigenvalue weighted by molar-refractivity contribution is -0.143. The van der Waals surface area contributed by atoms with Crippen LogP contribution in [0.15, 0.2) is 24.5 Å². The molecular formula is C16H24N2O4. The van der Waals surface area contributed by atoms with Gasteiger partial charge < -0.3 is 14.4 Å². The summed E-state index contributed by atoms with van der Waals surface area (Å²) in [6.07, 6.45) is 4.08. The van der Waals surface area contributed by atoms with Crippen molar-refractivity contribution in [3.63, 3.8) is 0 Å². The van der Waals surface area contributed by atoms with Crippen LogP contribution < -0.4 is 0 Å². The van der Waals surface area contributed by atoms with Gasteiger partial charge in [0.2, 0.25) is 0 Å². The Morgan fingerprint density at radius 1 is 1.14 bits per heavy atom. The average Bonchev–Trinajstić information content (AvgIpc) is 2.54. The van der Waals surface area contributed by atoms with Gasteiger partial charge in [0.1, 0.15) is 0 Å². The predicted molar refractivity (Wildman–Crippen MR) is 82.5 cm³/mol. The van der Waals surface area contributed by atoms with Crippen LogP contribution in [-0.4, -0.2) is 54.7 Å². The molecule has 0 fully saturated rings. The number of nitrogens with zero attached hydrogens (tertiary/aromatic N) is 2. The lowest BCUT2D eigenvalue weighted by Crippen LogP contribution is -2.34. The highest BCUT2D eigenvalue weighted by molar-refractivity contribution is 5.94. The van der Waals surface area contributed by atoms with Crippen LogP contribution in [0.3, 0.4) is 0 Å². The van der Waals surface area contributed by atoms with Crippen LogP contribution in [0.25, 0.3) is 0 Å². The van der Waals surface area contributed by atoms with E-state index >= 15 is 0 Å². The zero-order chi connectivity index (χ0) is 16.2. The molecule has 22 heavy (non-hydrogen) atoms. The average molecular weight is 308 g/mol. The van der Waals surface area contributed by atoms with Crippen molar-refractivity contribution in [2.24, 2.45) is 0 Å². The minimum absolute atomic E-state index is 0.108. The van der Waals surface area contributed by atoms with Gasteiger partial charge in [-0.3, -0.25) is 14.6 Å². The molecule has 0 atom stereocenters. The number of ether oxygens (including phenoxy) is 2. The molecule has 0 aliphatic rings. The molecule has 0 aliphatic carbocycles. The van der Waals surface area contributed by atoms with E-state index in [1.54, 1.807) is 36.4 Å². The fourth-order valence-electron chi connectivity index (χ4n) is 1.95. The fraction of sp³-hybridized carbons (Fsp3) is 0.562. The van der Waals surface area contributed by atoms with Gasteiger partial charge in [-0.25, -0.2) is 0 Å². The van der Waals surface area contributed by atoms with Crippen molar-refractivity contribution < 1.29 is 19.1 Å². The number of esters is 1. The van der Waals surface area contributed by atoms with Gasteiger partial charge >= 0.3 is 5.97 Å². The van der Waals surface area contributed by atoms with E-state index < -0.39 is 0 Å². The van der Waals surface area contributed by atoms with Gasteiger partial charge in [0.05, 0.1) is 13.0 Å². The van der Waals surface area contributed by atoms with Crippen molar-refractivity contribution in [3.05, 3.63) is 30.1 Å². The largest absolute Gasteiger partial charge is 0.466 e. The van der Waals surface area contributed by atoms with Crippen molar-refractivity contribution in [3.8, 4) is 0 Å². The van der Waals surface area contributed by atoms with Gasteiger partial charge in [0.25, 0.3) is 5.91 Å². The third-order valence-electron chi connectivity index (χ3n) is 3.03. The number of hydrogen-bond acceptors (Lipinski definition) is 5. The summed E-state index contributed by atoms with van der Waals surface area (Å²) < 4.78 is 10.2. The Labute approximate surface area is 131 Å². The van der Waals surface area contributed by atoms with Crippen molar-refractivity contribution in [2.75, 3.05) is 32.9 Å². The van der Waals surface area contributed by atoms with Crippen molar-refractivity contribution >= 4 is 11.9 Å². The van der Waals surface area contributed by atoms with E-state index in [-0.39, 0.29) is 18.3 Å². The number of carbonyl (C=O) groups is 2. The van der Waals surface area contributed by atoms with Crippen LogP contribution in [0.4, 0.5) is 0 Å². The summed E-state index contributed by atoms with van der Waals surface area (Å²) in [7, 11) is 0. The molecule has 0 aliphatic heterocycles. The first kappa shape index (κ1) is 18.1. The van der Waals surface area contributed by atoms with Gasteiger partial charge in [-0.15, -0.1) is 0 Å². The van der Waals surface area contributed by atoms with Gasteiger partial charge in [0.15, 0.2) is 0 Å². The van der Waals surface area contributed by atoms with E-state index in [0.29, 0.717) is 38.5 Å². The normalized spacial score (nSPS) is 10.3. The molecule has 6 heteroatoms. The van der Waals surface area contributed by atoms with Gasteiger partial charge in [0, 0.05) is 44.3 Å². The smallest absolute Gasteiger partial charge is 0.307 e. The number of carbonyl (C=O) groups excluding carboxylic acids is 2. The Morgan fingerprint density at radius 2 is 1.86 bits per heavy atom. The number of hydrogen-bond donors (Lipinski definition) is 0. The van der Waals surface area contributed by atoms with Crippen molar-refractivity contribution in [1.29, 1.82) is 0 Å². The molecule has 0 saturated heterocycles. The van der Waals surface area contributed by atoms with E-state index in [1.807, 2.05) is 6.92 Å². The standard InChI is InChI=1S/C16H24N2O4/c1-3-21-13-5-11-18(12-8-15(19)22-4-2)16(20)14-6-9-17-10-7-14/h6-7,9-10H,3-5,8,11-13H2,1-2H3. The molecule has 6 nitrogen and oxygen atoms in total. The molecule has 1 aromatic heterocycles. The molecular weight excluding hydrogens is 284 g/mol. The summed E-state index contributed by atoms with van der Waals surface area (Å²) in [4.78, 5) is 29.5. The van der Waals surface area contributed by atoms with Crippen LogP contribution in [0, 0.1) is 0 Å². The first-order valence-corrected chi connectivity index (χ1v) is 7.61. The van der Waals surface area contributed by atoms with Crippen LogP contribution in [0.1, 0.15) is 37.0 Å². The molecule has 122 valence electrons. The maximum absolute atomic E-state index is 12.5. The molecule has 1 aromatic rings. The van der Waals surface area contributed by atoms with E-state index in [4.69, 9.17) is 9.47 Å². The fourth-order valence-corrected chi connectivity index (χ4v) is 1.95. The summed E-state index contributed by atoms with van der Waals surface area (Å²) >= 11 is 0. The van der Waals surface area contributed by atoms with Crippen LogP contribution in [-0.2, 0) is 14.3 Å². The van der Waals surface area contributed by atoms with Crippen molar-refractivity contribution in [1.82, 2.24) is 9.88 Å². The highest BCUT2D eigenvalue weighted by Gasteiger charge is 2.17. The van der Waals surface area contributed by atoms with Gasteiger partial charge in [-0.1, -0.05) is 0 Å². The SMILES string of the molecule is CCOCCCN(CCC(=O)OCC)C(=O)c1ccncc1. The zero-order valence-corrected chi connectivity index (χ0v) is 13.3. The molecule has 0 spiro atoms. The molecule has 0 N–H and O–H groups in total. The minimum atomic E-state index is -0.292. The third-order valence-corrected chi connectivity index (χ3v) is 3.03. The molecule has 0 radical (unpaired) electrons. The second-order valence-electron chi connectivity index (χ2n) is 4.63. The maximum Gasteiger partial charge on any atom is 0.307 e. The Bertz CT molecular complexity index is 451. The second kappa shape index (κ2) is 10.7. The van der Waals surface area contributed by atoms with Crippen LogP contribution in [0.2, 0.25) is 0 Å². The van der Waals surface area contributed by atoms with Crippen molar-refractivity contribution in [2.45, 2.75) is 26.7 Å². The topological polar surface area (TPSA) is 68.7 Å².